The van der Waals surface area contributed by atoms with Gasteiger partial charge in [0.1, 0.15) is 11.9 Å². The Balaban J connectivity index is 1.52. The van der Waals surface area contributed by atoms with Gasteiger partial charge in [-0.15, -0.1) is 0 Å². The van der Waals surface area contributed by atoms with Gasteiger partial charge in [-0.25, -0.2) is 4.39 Å². The van der Waals surface area contributed by atoms with E-state index >= 15 is 0 Å². The predicted molar refractivity (Wildman–Crippen MR) is 86.7 cm³/mol. The fraction of sp³-hybridized carbons (Fsp3) is 0.412. The molecule has 1 fully saturated rings. The van der Waals surface area contributed by atoms with Crippen molar-refractivity contribution in [3.63, 3.8) is 0 Å². The molecule has 23 heavy (non-hydrogen) atoms. The van der Waals surface area contributed by atoms with Gasteiger partial charge in [-0.3, -0.25) is 9.48 Å². The normalized spacial score (nSPS) is 17.0. The third-order valence-corrected chi connectivity index (χ3v) is 4.32. The van der Waals surface area contributed by atoms with Crippen LogP contribution < -0.4 is 10.2 Å². The summed E-state index contributed by atoms with van der Waals surface area (Å²) in [6, 6.07) is 8.30. The van der Waals surface area contributed by atoms with Crippen LogP contribution in [0.25, 0.3) is 0 Å². The molecule has 1 aromatic heterocycles. The van der Waals surface area contributed by atoms with Gasteiger partial charge < -0.3 is 10.2 Å². The number of carbonyl (C=O) groups is 1. The molecule has 1 atom stereocenters. The standard InChI is InChI=1S/C17H21FN4O/c1-13(22-9-3-8-19-22)17(23)20-15-6-10-21(11-7-15)16-5-2-4-14(18)12-16/h2-5,8-9,12-13,15H,6-7,10-11H2,1H3,(H,20,23)/t13-/m1/s1. The lowest BCUT2D eigenvalue weighted by Gasteiger charge is -2.34. The minimum atomic E-state index is -0.314. The fourth-order valence-electron chi connectivity index (χ4n) is 2.91. The van der Waals surface area contributed by atoms with Gasteiger partial charge >= 0.3 is 0 Å². The van der Waals surface area contributed by atoms with Crippen LogP contribution in [0, 0.1) is 5.82 Å². The number of piperidine rings is 1. The first-order valence-electron chi connectivity index (χ1n) is 7.93. The molecule has 6 heteroatoms. The Morgan fingerprint density at radius 1 is 1.35 bits per heavy atom. The van der Waals surface area contributed by atoms with Crippen molar-refractivity contribution < 1.29 is 9.18 Å². The van der Waals surface area contributed by atoms with Crippen LogP contribution >= 0.6 is 0 Å². The molecule has 0 unspecified atom stereocenters. The molecule has 2 aromatic rings. The van der Waals surface area contributed by atoms with E-state index in [0.29, 0.717) is 0 Å². The Bertz CT molecular complexity index is 650. The third-order valence-electron chi connectivity index (χ3n) is 4.32. The van der Waals surface area contributed by atoms with E-state index in [9.17, 15) is 9.18 Å². The maximum absolute atomic E-state index is 13.3. The molecule has 1 aliphatic heterocycles. The first-order chi connectivity index (χ1) is 11.1. The van der Waals surface area contributed by atoms with Crippen molar-refractivity contribution in [2.75, 3.05) is 18.0 Å². The molecule has 0 aliphatic carbocycles. The van der Waals surface area contributed by atoms with Crippen molar-refractivity contribution in [2.45, 2.75) is 31.8 Å². The lowest BCUT2D eigenvalue weighted by molar-refractivity contribution is -0.125. The van der Waals surface area contributed by atoms with E-state index in [1.165, 1.54) is 6.07 Å². The number of rotatable bonds is 4. The fourth-order valence-corrected chi connectivity index (χ4v) is 2.91. The Morgan fingerprint density at radius 3 is 2.78 bits per heavy atom. The maximum atomic E-state index is 13.3. The number of halogens is 1. The van der Waals surface area contributed by atoms with Crippen LogP contribution in [0.3, 0.4) is 0 Å². The van der Waals surface area contributed by atoms with Crippen LogP contribution in [0.1, 0.15) is 25.8 Å². The number of anilines is 1. The van der Waals surface area contributed by atoms with Crippen LogP contribution in [0.5, 0.6) is 0 Å². The van der Waals surface area contributed by atoms with Gasteiger partial charge in [-0.05, 0) is 44.0 Å². The second kappa shape index (κ2) is 6.81. The highest BCUT2D eigenvalue weighted by molar-refractivity contribution is 5.80. The summed E-state index contributed by atoms with van der Waals surface area (Å²) in [5.74, 6) is -0.233. The number of hydrogen-bond donors (Lipinski definition) is 1. The van der Waals surface area contributed by atoms with E-state index in [-0.39, 0.29) is 23.8 Å². The number of nitrogens with zero attached hydrogens (tertiary/aromatic N) is 3. The Labute approximate surface area is 135 Å². The highest BCUT2D eigenvalue weighted by atomic mass is 19.1. The van der Waals surface area contributed by atoms with E-state index in [1.807, 2.05) is 13.0 Å². The lowest BCUT2D eigenvalue weighted by atomic mass is 10.0. The molecule has 0 radical (unpaired) electrons. The van der Waals surface area contributed by atoms with Gasteiger partial charge in [-0.2, -0.15) is 5.10 Å². The molecular weight excluding hydrogens is 295 g/mol. The summed E-state index contributed by atoms with van der Waals surface area (Å²) in [6.07, 6.45) is 5.17. The van der Waals surface area contributed by atoms with Crippen LogP contribution in [0.4, 0.5) is 10.1 Å². The van der Waals surface area contributed by atoms with Gasteiger partial charge in [-0.1, -0.05) is 6.07 Å². The number of hydrogen-bond acceptors (Lipinski definition) is 3. The molecule has 1 aromatic carbocycles. The zero-order valence-electron chi connectivity index (χ0n) is 13.2. The van der Waals surface area contributed by atoms with E-state index < -0.39 is 0 Å². The maximum Gasteiger partial charge on any atom is 0.244 e. The molecular formula is C17H21FN4O. The highest BCUT2D eigenvalue weighted by Crippen LogP contribution is 2.21. The second-order valence-electron chi connectivity index (χ2n) is 5.91. The molecule has 122 valence electrons. The molecule has 5 nitrogen and oxygen atoms in total. The van der Waals surface area contributed by atoms with Crippen LogP contribution in [0.2, 0.25) is 0 Å². The molecule has 1 saturated heterocycles. The summed E-state index contributed by atoms with van der Waals surface area (Å²) in [6.45, 7) is 3.46. The largest absolute Gasteiger partial charge is 0.371 e. The number of carbonyl (C=O) groups excluding carboxylic acids is 1. The average Bonchev–Trinajstić information content (AvgIpc) is 3.09. The summed E-state index contributed by atoms with van der Waals surface area (Å²) in [5, 5.41) is 7.19. The number of aromatic nitrogens is 2. The molecule has 3 rings (SSSR count). The van der Waals surface area contributed by atoms with E-state index in [2.05, 4.69) is 15.3 Å². The summed E-state index contributed by atoms with van der Waals surface area (Å²) in [5.41, 5.74) is 0.902. The Morgan fingerprint density at radius 2 is 2.13 bits per heavy atom. The monoisotopic (exact) mass is 316 g/mol. The number of amides is 1. The van der Waals surface area contributed by atoms with Gasteiger partial charge in [0.2, 0.25) is 5.91 Å². The molecule has 0 bridgehead atoms. The van der Waals surface area contributed by atoms with Crippen molar-refractivity contribution in [1.82, 2.24) is 15.1 Å². The predicted octanol–water partition coefficient (Wildman–Crippen LogP) is 2.37. The van der Waals surface area contributed by atoms with Crippen LogP contribution in [-0.4, -0.2) is 34.8 Å². The smallest absolute Gasteiger partial charge is 0.244 e. The second-order valence-corrected chi connectivity index (χ2v) is 5.91. The van der Waals surface area contributed by atoms with Crippen molar-refractivity contribution in [1.29, 1.82) is 0 Å². The first kappa shape index (κ1) is 15.5. The van der Waals surface area contributed by atoms with E-state index in [4.69, 9.17) is 0 Å². The SMILES string of the molecule is C[C@H](C(=O)NC1CCN(c2cccc(F)c2)CC1)n1cccn1. The molecule has 0 spiro atoms. The molecule has 0 saturated carbocycles. The van der Waals surface area contributed by atoms with Gasteiger partial charge in [0.15, 0.2) is 0 Å². The highest BCUT2D eigenvalue weighted by Gasteiger charge is 2.23. The van der Waals surface area contributed by atoms with Gasteiger partial charge in [0.25, 0.3) is 0 Å². The summed E-state index contributed by atoms with van der Waals surface area (Å²) < 4.78 is 15.0. The Kier molecular flexibility index (Phi) is 4.60. The zero-order valence-corrected chi connectivity index (χ0v) is 13.2. The summed E-state index contributed by atoms with van der Waals surface area (Å²) in [4.78, 5) is 14.4. The molecule has 2 heterocycles. The minimum absolute atomic E-state index is 0.0158. The van der Waals surface area contributed by atoms with Crippen molar-refractivity contribution in [3.8, 4) is 0 Å². The zero-order chi connectivity index (χ0) is 16.2. The Hall–Kier alpha value is -2.37. The lowest BCUT2D eigenvalue weighted by Crippen LogP contribution is -2.46. The van der Waals surface area contributed by atoms with E-state index in [0.717, 1.165) is 31.6 Å². The van der Waals surface area contributed by atoms with E-state index in [1.54, 1.807) is 35.3 Å². The summed E-state index contributed by atoms with van der Waals surface area (Å²) >= 11 is 0. The van der Waals surface area contributed by atoms with Crippen LogP contribution in [-0.2, 0) is 4.79 Å². The minimum Gasteiger partial charge on any atom is -0.371 e. The molecule has 1 N–H and O–H groups in total. The average molecular weight is 316 g/mol. The number of benzene rings is 1. The summed E-state index contributed by atoms with van der Waals surface area (Å²) in [7, 11) is 0. The quantitative estimate of drug-likeness (QED) is 0.942. The first-order valence-corrected chi connectivity index (χ1v) is 7.93. The number of nitrogens with one attached hydrogen (secondary N) is 1. The third kappa shape index (κ3) is 3.70. The van der Waals surface area contributed by atoms with Gasteiger partial charge in [0, 0.05) is 37.2 Å². The molecule has 1 amide bonds. The van der Waals surface area contributed by atoms with Crippen molar-refractivity contribution in [3.05, 3.63) is 48.5 Å². The van der Waals surface area contributed by atoms with Gasteiger partial charge in [0.05, 0.1) is 0 Å². The van der Waals surface area contributed by atoms with Crippen LogP contribution in [0.15, 0.2) is 42.7 Å². The molecule has 1 aliphatic rings. The van der Waals surface area contributed by atoms with Crippen molar-refractivity contribution in [2.24, 2.45) is 0 Å². The topological polar surface area (TPSA) is 50.2 Å². The van der Waals surface area contributed by atoms with Crippen molar-refractivity contribution >= 4 is 11.6 Å².